The molecule has 0 radical (unpaired) electrons. The molecule has 4 heteroatoms. The first kappa shape index (κ1) is 21.9. The summed E-state index contributed by atoms with van der Waals surface area (Å²) in [5, 5.41) is 0. The van der Waals surface area contributed by atoms with E-state index in [0.717, 1.165) is 12.8 Å². The second kappa shape index (κ2) is 9.51. The minimum Gasteiger partial charge on any atom is -0.382 e. The lowest BCUT2D eigenvalue weighted by Crippen LogP contribution is -2.50. The summed E-state index contributed by atoms with van der Waals surface area (Å²) >= 11 is 0. The van der Waals surface area contributed by atoms with Crippen LogP contribution in [-0.4, -0.2) is 52.9 Å². The maximum atomic E-state index is 6.26. The van der Waals surface area contributed by atoms with Gasteiger partial charge in [-0.15, -0.1) is 0 Å². The first-order chi connectivity index (χ1) is 11.1. The maximum absolute atomic E-state index is 6.26. The van der Waals surface area contributed by atoms with Gasteiger partial charge in [-0.05, 0) is 35.5 Å². The Hall–Kier alpha value is -0.160. The lowest BCUT2D eigenvalue weighted by Gasteiger charge is -2.50. The third kappa shape index (κ3) is 6.62. The van der Waals surface area contributed by atoms with Crippen molar-refractivity contribution >= 4 is 0 Å². The highest BCUT2D eigenvalue weighted by Crippen LogP contribution is 2.47. The van der Waals surface area contributed by atoms with E-state index in [9.17, 15) is 0 Å². The van der Waals surface area contributed by atoms with Crippen molar-refractivity contribution in [3.63, 3.8) is 0 Å². The molecule has 144 valence electrons. The van der Waals surface area contributed by atoms with Crippen LogP contribution < -0.4 is 0 Å². The monoisotopic (exact) mass is 344 g/mol. The third-order valence-corrected chi connectivity index (χ3v) is 5.33. The molecule has 0 bridgehead atoms. The predicted molar refractivity (Wildman–Crippen MR) is 98.4 cm³/mol. The summed E-state index contributed by atoms with van der Waals surface area (Å²) in [5.74, 6) is 0.973. The molecule has 0 spiro atoms. The highest BCUT2D eigenvalue weighted by molar-refractivity contribution is 4.96. The summed E-state index contributed by atoms with van der Waals surface area (Å²) in [7, 11) is 3.45. The fraction of sp³-hybridized carbons (Fsp3) is 1.00. The minimum absolute atomic E-state index is 0.198. The fourth-order valence-corrected chi connectivity index (χ4v) is 3.89. The smallest absolute Gasteiger partial charge is 0.0704 e. The van der Waals surface area contributed by atoms with Crippen molar-refractivity contribution in [2.75, 3.05) is 40.6 Å². The van der Waals surface area contributed by atoms with Crippen molar-refractivity contribution in [1.29, 1.82) is 0 Å². The Labute approximate surface area is 149 Å². The minimum atomic E-state index is 0.198. The predicted octanol–water partition coefficient (Wildman–Crippen LogP) is 4.17. The van der Waals surface area contributed by atoms with Crippen LogP contribution in [0.1, 0.15) is 54.4 Å². The van der Waals surface area contributed by atoms with E-state index < -0.39 is 0 Å². The van der Waals surface area contributed by atoms with Gasteiger partial charge in [0.15, 0.2) is 0 Å². The molecule has 4 nitrogen and oxygen atoms in total. The fourth-order valence-electron chi connectivity index (χ4n) is 3.89. The molecule has 1 fully saturated rings. The molecule has 0 aliphatic heterocycles. The molecule has 0 amide bonds. The van der Waals surface area contributed by atoms with Crippen LogP contribution in [0.5, 0.6) is 0 Å². The number of ether oxygens (including phenoxy) is 4. The summed E-state index contributed by atoms with van der Waals surface area (Å²) in [4.78, 5) is 0. The Bertz CT molecular complexity index is 309. The molecule has 1 rings (SSSR count). The molecule has 0 N–H and O–H groups in total. The Morgan fingerprint density at radius 2 is 0.958 bits per heavy atom. The average Bonchev–Trinajstić information content (AvgIpc) is 2.46. The highest BCUT2D eigenvalue weighted by atomic mass is 16.5. The van der Waals surface area contributed by atoms with E-state index in [2.05, 4.69) is 41.5 Å². The van der Waals surface area contributed by atoms with Crippen molar-refractivity contribution in [2.45, 2.75) is 66.6 Å². The molecule has 4 unspecified atom stereocenters. The zero-order valence-electron chi connectivity index (χ0n) is 17.2. The van der Waals surface area contributed by atoms with E-state index in [4.69, 9.17) is 18.9 Å². The average molecular weight is 345 g/mol. The van der Waals surface area contributed by atoms with Gasteiger partial charge in [0.2, 0.25) is 0 Å². The summed E-state index contributed by atoms with van der Waals surface area (Å²) < 4.78 is 22.9. The number of rotatable bonds is 8. The Morgan fingerprint density at radius 3 is 1.21 bits per heavy atom. The molecule has 1 aliphatic carbocycles. The quantitative estimate of drug-likeness (QED) is 0.619. The van der Waals surface area contributed by atoms with E-state index >= 15 is 0 Å². The van der Waals surface area contributed by atoms with Gasteiger partial charge in [0, 0.05) is 14.2 Å². The molecule has 0 heterocycles. The first-order valence-electron chi connectivity index (χ1n) is 9.32. The van der Waals surface area contributed by atoms with E-state index in [-0.39, 0.29) is 23.0 Å². The van der Waals surface area contributed by atoms with Gasteiger partial charge in [-0.1, -0.05) is 41.5 Å². The van der Waals surface area contributed by atoms with Gasteiger partial charge >= 0.3 is 0 Å². The summed E-state index contributed by atoms with van der Waals surface area (Å²) in [6, 6.07) is 0. The largest absolute Gasteiger partial charge is 0.382 e. The zero-order valence-corrected chi connectivity index (χ0v) is 17.2. The van der Waals surface area contributed by atoms with Crippen LogP contribution in [0.3, 0.4) is 0 Å². The number of methoxy groups -OCH3 is 2. The lowest BCUT2D eigenvalue weighted by molar-refractivity contribution is -0.145. The highest BCUT2D eigenvalue weighted by Gasteiger charge is 2.46. The normalized spacial score (nSPS) is 29.0. The molecule has 0 aromatic heterocycles. The van der Waals surface area contributed by atoms with Gasteiger partial charge in [-0.2, -0.15) is 0 Å². The van der Waals surface area contributed by atoms with Crippen molar-refractivity contribution in [3.05, 3.63) is 0 Å². The second-order valence-electron chi connectivity index (χ2n) is 9.22. The van der Waals surface area contributed by atoms with Gasteiger partial charge in [0.05, 0.1) is 38.6 Å². The number of hydrogen-bond acceptors (Lipinski definition) is 4. The van der Waals surface area contributed by atoms with Crippen LogP contribution in [0.25, 0.3) is 0 Å². The van der Waals surface area contributed by atoms with Gasteiger partial charge < -0.3 is 18.9 Å². The van der Waals surface area contributed by atoms with Crippen LogP contribution in [0.15, 0.2) is 0 Å². The molecule has 0 aromatic rings. The van der Waals surface area contributed by atoms with E-state index in [1.54, 1.807) is 14.2 Å². The van der Waals surface area contributed by atoms with E-state index in [1.807, 2.05) is 0 Å². The summed E-state index contributed by atoms with van der Waals surface area (Å²) in [6.07, 6.45) is 2.64. The molecule has 0 saturated heterocycles. The molecular weight excluding hydrogens is 304 g/mol. The Morgan fingerprint density at radius 1 is 0.625 bits per heavy atom. The van der Waals surface area contributed by atoms with Crippen LogP contribution >= 0.6 is 0 Å². The van der Waals surface area contributed by atoms with Crippen LogP contribution in [0, 0.1) is 22.7 Å². The molecule has 1 aliphatic rings. The van der Waals surface area contributed by atoms with Gasteiger partial charge in [-0.25, -0.2) is 0 Å². The summed E-state index contributed by atoms with van der Waals surface area (Å²) in [5.41, 5.74) is 0.396. The summed E-state index contributed by atoms with van der Waals surface area (Å²) in [6.45, 7) is 16.5. The molecule has 4 atom stereocenters. The van der Waals surface area contributed by atoms with Crippen molar-refractivity contribution < 1.29 is 18.9 Å². The topological polar surface area (TPSA) is 36.9 Å². The van der Waals surface area contributed by atoms with Crippen LogP contribution in [0.2, 0.25) is 0 Å². The van der Waals surface area contributed by atoms with Gasteiger partial charge in [-0.3, -0.25) is 0 Å². The van der Waals surface area contributed by atoms with E-state index in [1.165, 1.54) is 0 Å². The zero-order chi connectivity index (χ0) is 18.4. The van der Waals surface area contributed by atoms with Gasteiger partial charge in [0.1, 0.15) is 0 Å². The second-order valence-corrected chi connectivity index (χ2v) is 9.22. The molecular formula is C20H40O4. The SMILES string of the molecule is COCCOC1CC(C(C)(C)C)C(OCCOC)CC1C(C)(C)C. The Kier molecular flexibility index (Phi) is 8.67. The van der Waals surface area contributed by atoms with Crippen molar-refractivity contribution in [1.82, 2.24) is 0 Å². The molecule has 1 saturated carbocycles. The van der Waals surface area contributed by atoms with Crippen LogP contribution in [-0.2, 0) is 18.9 Å². The van der Waals surface area contributed by atoms with Crippen molar-refractivity contribution in [2.24, 2.45) is 22.7 Å². The Balaban J connectivity index is 2.89. The standard InChI is InChI=1S/C20H40O4/c1-19(2,3)15-13-18(24-12-10-22-8)16(20(4,5)6)14-17(15)23-11-9-21-7/h15-18H,9-14H2,1-8H3. The number of hydrogen-bond donors (Lipinski definition) is 0. The maximum Gasteiger partial charge on any atom is 0.0704 e. The van der Waals surface area contributed by atoms with Crippen LogP contribution in [0.4, 0.5) is 0 Å². The molecule has 0 aromatic carbocycles. The van der Waals surface area contributed by atoms with Gasteiger partial charge in [0.25, 0.3) is 0 Å². The van der Waals surface area contributed by atoms with Crippen molar-refractivity contribution in [3.8, 4) is 0 Å². The molecule has 24 heavy (non-hydrogen) atoms. The van der Waals surface area contributed by atoms with E-state index in [0.29, 0.717) is 38.3 Å². The lowest BCUT2D eigenvalue weighted by atomic mass is 9.61. The third-order valence-electron chi connectivity index (χ3n) is 5.33. The first-order valence-corrected chi connectivity index (χ1v) is 9.32.